The fraction of sp³-hybridized carbons (Fsp3) is 0.261. The van der Waals surface area contributed by atoms with Crippen molar-refractivity contribution in [1.29, 1.82) is 0 Å². The molecule has 29 heavy (non-hydrogen) atoms. The van der Waals surface area contributed by atoms with Crippen LogP contribution in [0.25, 0.3) is 0 Å². The van der Waals surface area contributed by atoms with Gasteiger partial charge in [0.05, 0.1) is 0 Å². The molecule has 0 radical (unpaired) electrons. The molecule has 3 rings (SSSR count). The molecule has 2 aromatic rings. The van der Waals surface area contributed by atoms with Crippen LogP contribution >= 0.6 is 0 Å². The number of anilines is 1. The fourth-order valence-electron chi connectivity index (χ4n) is 3.36. The van der Waals surface area contributed by atoms with Crippen LogP contribution in [0.5, 0.6) is 0 Å². The van der Waals surface area contributed by atoms with Gasteiger partial charge in [0.15, 0.2) is 5.78 Å². The largest absolute Gasteiger partial charge is 0.349 e. The first-order chi connectivity index (χ1) is 14.1. The molecule has 3 amide bonds. The van der Waals surface area contributed by atoms with Crippen molar-refractivity contribution >= 4 is 23.4 Å². The lowest BCUT2D eigenvalue weighted by molar-refractivity contribution is 0.0858. The number of nitrogens with one attached hydrogen (secondary N) is 2. The van der Waals surface area contributed by atoms with Crippen LogP contribution in [0.15, 0.2) is 67.3 Å². The molecule has 1 saturated heterocycles. The van der Waals surface area contributed by atoms with Gasteiger partial charge in [-0.15, -0.1) is 6.58 Å². The van der Waals surface area contributed by atoms with Gasteiger partial charge in [0, 0.05) is 42.4 Å². The second-order valence-electron chi connectivity index (χ2n) is 7.00. The Hall–Kier alpha value is -3.41. The lowest BCUT2D eigenvalue weighted by Gasteiger charge is -2.31. The summed E-state index contributed by atoms with van der Waals surface area (Å²) in [4.78, 5) is 38.7. The zero-order valence-corrected chi connectivity index (χ0v) is 16.3. The Bertz CT molecular complexity index is 870. The van der Waals surface area contributed by atoms with E-state index in [1.54, 1.807) is 35.2 Å². The molecular formula is C23H25N3O3. The highest BCUT2D eigenvalue weighted by molar-refractivity contribution is 5.98. The lowest BCUT2D eigenvalue weighted by atomic mass is 9.89. The van der Waals surface area contributed by atoms with Gasteiger partial charge in [0.1, 0.15) is 0 Å². The van der Waals surface area contributed by atoms with Gasteiger partial charge < -0.3 is 15.5 Å². The molecule has 0 aromatic heterocycles. The van der Waals surface area contributed by atoms with Gasteiger partial charge in [-0.1, -0.05) is 36.4 Å². The second kappa shape index (κ2) is 9.68. The summed E-state index contributed by atoms with van der Waals surface area (Å²) >= 11 is 0. The number of hydrogen-bond acceptors (Lipinski definition) is 3. The molecule has 6 nitrogen and oxygen atoms in total. The number of hydrogen-bond donors (Lipinski definition) is 2. The van der Waals surface area contributed by atoms with E-state index in [0.29, 0.717) is 43.7 Å². The summed E-state index contributed by atoms with van der Waals surface area (Å²) < 4.78 is 0. The number of rotatable bonds is 6. The van der Waals surface area contributed by atoms with Gasteiger partial charge in [-0.25, -0.2) is 4.79 Å². The number of urea groups is 1. The lowest BCUT2D eigenvalue weighted by Crippen LogP contribution is -2.42. The van der Waals surface area contributed by atoms with Crippen molar-refractivity contribution in [3.63, 3.8) is 0 Å². The highest BCUT2D eigenvalue weighted by Crippen LogP contribution is 2.22. The molecule has 1 aliphatic heterocycles. The number of nitrogens with zero attached hydrogens (tertiary/aromatic N) is 1. The third-order valence-corrected chi connectivity index (χ3v) is 5.02. The van der Waals surface area contributed by atoms with Crippen molar-refractivity contribution in [2.24, 2.45) is 5.92 Å². The minimum atomic E-state index is -0.195. The van der Waals surface area contributed by atoms with Crippen LogP contribution in [0, 0.1) is 5.92 Å². The van der Waals surface area contributed by atoms with Crippen molar-refractivity contribution in [2.45, 2.75) is 12.8 Å². The predicted molar refractivity (Wildman–Crippen MR) is 113 cm³/mol. The monoisotopic (exact) mass is 391 g/mol. The van der Waals surface area contributed by atoms with E-state index in [-0.39, 0.29) is 23.6 Å². The standard InChI is InChI=1S/C23H25N3O3/c1-2-14-24-22(28)19-8-10-20(11-9-19)25-23(29)26-15-12-18(13-16-26)21(27)17-6-4-3-5-7-17/h2-11,18H,1,12-16H2,(H,24,28)(H,25,29). The number of piperidine rings is 1. The molecule has 0 spiro atoms. The molecule has 0 bridgehead atoms. The normalized spacial score (nSPS) is 14.1. The van der Waals surface area contributed by atoms with E-state index in [0.717, 1.165) is 5.56 Å². The molecule has 0 atom stereocenters. The zero-order valence-electron chi connectivity index (χ0n) is 16.3. The third-order valence-electron chi connectivity index (χ3n) is 5.02. The number of carbonyl (C=O) groups is 3. The van der Waals surface area contributed by atoms with Gasteiger partial charge in [-0.05, 0) is 37.1 Å². The molecule has 0 saturated carbocycles. The summed E-state index contributed by atoms with van der Waals surface area (Å²) in [6.45, 7) is 5.04. The maximum absolute atomic E-state index is 12.6. The van der Waals surface area contributed by atoms with E-state index in [9.17, 15) is 14.4 Å². The van der Waals surface area contributed by atoms with Gasteiger partial charge in [0.25, 0.3) is 5.91 Å². The van der Waals surface area contributed by atoms with Crippen molar-refractivity contribution in [1.82, 2.24) is 10.2 Å². The summed E-state index contributed by atoms with van der Waals surface area (Å²) in [6, 6.07) is 15.8. The Labute approximate surface area is 170 Å². The quantitative estimate of drug-likeness (QED) is 0.582. The topological polar surface area (TPSA) is 78.5 Å². The van der Waals surface area contributed by atoms with E-state index >= 15 is 0 Å². The van der Waals surface area contributed by atoms with Crippen LogP contribution in [0.1, 0.15) is 33.6 Å². The number of ketones is 1. The number of amides is 3. The first-order valence-corrected chi connectivity index (χ1v) is 9.73. The van der Waals surface area contributed by atoms with Gasteiger partial charge in [-0.3, -0.25) is 9.59 Å². The molecule has 150 valence electrons. The van der Waals surface area contributed by atoms with Gasteiger partial charge >= 0.3 is 6.03 Å². The predicted octanol–water partition coefficient (Wildman–Crippen LogP) is 3.73. The van der Waals surface area contributed by atoms with Crippen LogP contribution in [-0.2, 0) is 0 Å². The summed E-state index contributed by atoms with van der Waals surface area (Å²) in [5.74, 6) is -0.0845. The number of likely N-dealkylation sites (tertiary alicyclic amines) is 1. The fourth-order valence-corrected chi connectivity index (χ4v) is 3.36. The molecule has 1 fully saturated rings. The summed E-state index contributed by atoms with van der Waals surface area (Å²) in [5.41, 5.74) is 1.87. The highest BCUT2D eigenvalue weighted by Gasteiger charge is 2.27. The first-order valence-electron chi connectivity index (χ1n) is 9.73. The van der Waals surface area contributed by atoms with E-state index in [2.05, 4.69) is 17.2 Å². The van der Waals surface area contributed by atoms with Gasteiger partial charge in [0.2, 0.25) is 0 Å². The Balaban J connectivity index is 1.50. The Kier molecular flexibility index (Phi) is 6.79. The molecule has 6 heteroatoms. The first kappa shape index (κ1) is 20.3. The van der Waals surface area contributed by atoms with Crippen LogP contribution in [0.2, 0.25) is 0 Å². The molecule has 2 N–H and O–H groups in total. The minimum absolute atomic E-state index is 0.0465. The zero-order chi connectivity index (χ0) is 20.6. The van der Waals surface area contributed by atoms with Crippen LogP contribution in [-0.4, -0.2) is 42.3 Å². The average Bonchev–Trinajstić information content (AvgIpc) is 2.78. The van der Waals surface area contributed by atoms with Crippen molar-refractivity contribution in [2.75, 3.05) is 25.0 Å². The van der Waals surface area contributed by atoms with E-state index in [4.69, 9.17) is 0 Å². The van der Waals surface area contributed by atoms with Crippen LogP contribution < -0.4 is 10.6 Å². The Morgan fingerprint density at radius 3 is 2.24 bits per heavy atom. The minimum Gasteiger partial charge on any atom is -0.349 e. The third kappa shape index (κ3) is 5.31. The molecule has 1 aliphatic rings. The molecular weight excluding hydrogens is 366 g/mol. The summed E-state index contributed by atoms with van der Waals surface area (Å²) in [5, 5.41) is 5.56. The molecule has 1 heterocycles. The SMILES string of the molecule is C=CCNC(=O)c1ccc(NC(=O)N2CCC(C(=O)c3ccccc3)CC2)cc1. The second-order valence-corrected chi connectivity index (χ2v) is 7.00. The van der Waals surface area contributed by atoms with E-state index in [1.165, 1.54) is 0 Å². The van der Waals surface area contributed by atoms with Crippen molar-refractivity contribution in [3.05, 3.63) is 78.4 Å². The smallest absolute Gasteiger partial charge is 0.321 e. The summed E-state index contributed by atoms with van der Waals surface area (Å²) in [6.07, 6.45) is 2.93. The molecule has 0 aliphatic carbocycles. The van der Waals surface area contributed by atoms with E-state index < -0.39 is 0 Å². The number of benzene rings is 2. The van der Waals surface area contributed by atoms with Crippen LogP contribution in [0.4, 0.5) is 10.5 Å². The maximum atomic E-state index is 12.6. The average molecular weight is 391 g/mol. The van der Waals surface area contributed by atoms with Crippen molar-refractivity contribution in [3.8, 4) is 0 Å². The number of carbonyl (C=O) groups excluding carboxylic acids is 3. The highest BCUT2D eigenvalue weighted by atomic mass is 16.2. The summed E-state index contributed by atoms with van der Waals surface area (Å²) in [7, 11) is 0. The van der Waals surface area contributed by atoms with Crippen LogP contribution in [0.3, 0.4) is 0 Å². The Morgan fingerprint density at radius 2 is 1.62 bits per heavy atom. The Morgan fingerprint density at radius 1 is 0.966 bits per heavy atom. The molecule has 0 unspecified atom stereocenters. The molecule has 2 aromatic carbocycles. The maximum Gasteiger partial charge on any atom is 0.321 e. The van der Waals surface area contributed by atoms with E-state index in [1.807, 2.05) is 30.3 Å². The van der Waals surface area contributed by atoms with Crippen molar-refractivity contribution < 1.29 is 14.4 Å². The number of Topliss-reactive ketones (excluding diaryl/α,β-unsaturated/α-hetero) is 1. The van der Waals surface area contributed by atoms with Gasteiger partial charge in [-0.2, -0.15) is 0 Å².